The van der Waals surface area contributed by atoms with Gasteiger partial charge in [-0.05, 0) is 12.8 Å². The van der Waals surface area contributed by atoms with Crippen LogP contribution in [0, 0.1) is 0 Å². The van der Waals surface area contributed by atoms with Crippen molar-refractivity contribution >= 4 is 28.7 Å². The van der Waals surface area contributed by atoms with Crippen molar-refractivity contribution in [1.29, 1.82) is 0 Å². The summed E-state index contributed by atoms with van der Waals surface area (Å²) in [5, 5.41) is 3.52. The summed E-state index contributed by atoms with van der Waals surface area (Å²) in [6, 6.07) is 0.378. The maximum Gasteiger partial charge on any atom is 0.263 e. The van der Waals surface area contributed by atoms with E-state index in [1.807, 2.05) is 19.0 Å². The molecular weight excluding hydrogens is 224 g/mol. The van der Waals surface area contributed by atoms with Crippen LogP contribution in [0.5, 0.6) is 0 Å². The normalized spacial score (nSPS) is 15.4. The Morgan fingerprint density at radius 2 is 2.44 bits per heavy atom. The second kappa shape index (κ2) is 4.61. The molecule has 0 spiro atoms. The van der Waals surface area contributed by atoms with Crippen LogP contribution >= 0.6 is 11.3 Å². The molecule has 2 rings (SSSR count). The number of nitrogens with zero attached hydrogens (tertiary/aromatic N) is 3. The molecule has 0 aliphatic heterocycles. The Labute approximate surface area is 98.2 Å². The number of aliphatic imine (C=N–C) groups is 1. The minimum atomic E-state index is -0.0358. The van der Waals surface area contributed by atoms with E-state index in [2.05, 4.69) is 15.3 Å². The third kappa shape index (κ3) is 3.03. The molecule has 6 heteroatoms. The quantitative estimate of drug-likeness (QED) is 0.634. The molecule has 1 saturated carbocycles. The van der Waals surface area contributed by atoms with Gasteiger partial charge >= 0.3 is 0 Å². The number of carbonyl (C=O) groups excluding carboxylic acids is 1. The molecular formula is C10H14N4OS. The first-order valence-electron chi connectivity index (χ1n) is 5.12. The van der Waals surface area contributed by atoms with Gasteiger partial charge in [0.05, 0.1) is 12.5 Å². The van der Waals surface area contributed by atoms with E-state index in [-0.39, 0.29) is 5.91 Å². The Kier molecular flexibility index (Phi) is 3.19. The van der Waals surface area contributed by atoms with Gasteiger partial charge < -0.3 is 10.2 Å². The van der Waals surface area contributed by atoms with Crippen LogP contribution in [0.4, 0.5) is 5.13 Å². The molecule has 1 aromatic rings. The zero-order valence-electron chi connectivity index (χ0n) is 9.30. The lowest BCUT2D eigenvalue weighted by Gasteiger charge is -2.00. The topological polar surface area (TPSA) is 57.6 Å². The molecule has 0 saturated heterocycles. The van der Waals surface area contributed by atoms with E-state index < -0.39 is 0 Å². The van der Waals surface area contributed by atoms with Crippen LogP contribution in [-0.4, -0.2) is 42.3 Å². The summed E-state index contributed by atoms with van der Waals surface area (Å²) in [4.78, 5) is 22.3. The molecule has 0 unspecified atom stereocenters. The molecule has 0 radical (unpaired) electrons. The molecule has 5 nitrogen and oxygen atoms in total. The third-order valence-corrected chi connectivity index (χ3v) is 2.93. The van der Waals surface area contributed by atoms with Crippen molar-refractivity contribution < 1.29 is 4.79 Å². The fourth-order valence-electron chi connectivity index (χ4n) is 1.08. The number of hydrogen-bond acceptors (Lipinski definition) is 4. The second-order valence-electron chi connectivity index (χ2n) is 3.96. The summed E-state index contributed by atoms with van der Waals surface area (Å²) >= 11 is 1.30. The lowest BCUT2D eigenvalue weighted by Crippen LogP contribution is -2.24. The molecule has 1 aromatic heterocycles. The van der Waals surface area contributed by atoms with E-state index in [0.717, 1.165) is 12.8 Å². The zero-order valence-corrected chi connectivity index (χ0v) is 10.1. The van der Waals surface area contributed by atoms with Crippen molar-refractivity contribution in [3.8, 4) is 0 Å². The van der Waals surface area contributed by atoms with Gasteiger partial charge in [-0.3, -0.25) is 4.79 Å². The monoisotopic (exact) mass is 238 g/mol. The molecule has 1 aliphatic rings. The summed E-state index contributed by atoms with van der Waals surface area (Å²) in [7, 11) is 3.77. The van der Waals surface area contributed by atoms with Crippen molar-refractivity contribution in [1.82, 2.24) is 15.2 Å². The first kappa shape index (κ1) is 11.1. The number of thiazole rings is 1. The van der Waals surface area contributed by atoms with Gasteiger partial charge in [0.25, 0.3) is 5.91 Å². The molecule has 16 heavy (non-hydrogen) atoms. The highest BCUT2D eigenvalue weighted by molar-refractivity contribution is 7.17. The maximum absolute atomic E-state index is 11.6. The number of carbonyl (C=O) groups is 1. The minimum Gasteiger partial charge on any atom is -0.369 e. The van der Waals surface area contributed by atoms with Crippen LogP contribution in [0.2, 0.25) is 0 Å². The zero-order chi connectivity index (χ0) is 11.5. The van der Waals surface area contributed by atoms with Gasteiger partial charge in [0.15, 0.2) is 0 Å². The Morgan fingerprint density at radius 1 is 1.69 bits per heavy atom. The van der Waals surface area contributed by atoms with Crippen LogP contribution in [-0.2, 0) is 0 Å². The van der Waals surface area contributed by atoms with Crippen LogP contribution in [0.25, 0.3) is 0 Å². The summed E-state index contributed by atoms with van der Waals surface area (Å²) in [5.74, 6) is -0.0358. The van der Waals surface area contributed by atoms with Crippen molar-refractivity contribution in [2.45, 2.75) is 18.9 Å². The number of nitrogens with one attached hydrogen (secondary N) is 1. The molecule has 0 atom stereocenters. The molecule has 1 aliphatic carbocycles. The molecule has 1 amide bonds. The summed E-state index contributed by atoms with van der Waals surface area (Å²) in [5.41, 5.74) is 0. The fourth-order valence-corrected chi connectivity index (χ4v) is 1.74. The van der Waals surface area contributed by atoms with Gasteiger partial charge in [-0.1, -0.05) is 11.3 Å². The number of rotatable bonds is 4. The van der Waals surface area contributed by atoms with E-state index in [9.17, 15) is 4.79 Å². The Bertz CT molecular complexity index is 409. The van der Waals surface area contributed by atoms with E-state index in [4.69, 9.17) is 0 Å². The first-order valence-corrected chi connectivity index (χ1v) is 5.94. The SMILES string of the molecule is CN(C)C=Nc1ncc(C(=O)NC2CC2)s1. The van der Waals surface area contributed by atoms with Crippen LogP contribution < -0.4 is 5.32 Å². The predicted octanol–water partition coefficient (Wildman–Crippen LogP) is 1.26. The molecule has 1 N–H and O–H groups in total. The molecule has 1 heterocycles. The van der Waals surface area contributed by atoms with E-state index in [0.29, 0.717) is 16.1 Å². The largest absolute Gasteiger partial charge is 0.369 e. The first-order chi connectivity index (χ1) is 7.65. The molecule has 0 aromatic carbocycles. The fraction of sp³-hybridized carbons (Fsp3) is 0.500. The van der Waals surface area contributed by atoms with Gasteiger partial charge in [0.2, 0.25) is 5.13 Å². The lowest BCUT2D eigenvalue weighted by atomic mass is 10.5. The molecule has 0 bridgehead atoms. The summed E-state index contributed by atoms with van der Waals surface area (Å²) in [6.45, 7) is 0. The smallest absolute Gasteiger partial charge is 0.263 e. The summed E-state index contributed by atoms with van der Waals surface area (Å²) < 4.78 is 0. The van der Waals surface area contributed by atoms with Crippen molar-refractivity contribution in [3.05, 3.63) is 11.1 Å². The standard InChI is InChI=1S/C10H14N4OS/c1-14(2)6-12-10-11-5-8(16-10)9(15)13-7-3-4-7/h5-7H,3-4H2,1-2H3,(H,13,15). The van der Waals surface area contributed by atoms with Gasteiger partial charge in [-0.2, -0.15) is 0 Å². The Balaban J connectivity index is 1.97. The number of hydrogen-bond donors (Lipinski definition) is 1. The Hall–Kier alpha value is -1.43. The van der Waals surface area contributed by atoms with E-state index in [1.54, 1.807) is 12.5 Å². The van der Waals surface area contributed by atoms with E-state index >= 15 is 0 Å². The van der Waals surface area contributed by atoms with Gasteiger partial charge in [-0.15, -0.1) is 0 Å². The Morgan fingerprint density at radius 3 is 3.06 bits per heavy atom. The molecule has 86 valence electrons. The van der Waals surface area contributed by atoms with Crippen molar-refractivity contribution in [2.75, 3.05) is 14.1 Å². The second-order valence-corrected chi connectivity index (χ2v) is 4.97. The maximum atomic E-state index is 11.6. The average molecular weight is 238 g/mol. The van der Waals surface area contributed by atoms with Gasteiger partial charge in [-0.25, -0.2) is 9.98 Å². The highest BCUT2D eigenvalue weighted by Gasteiger charge is 2.24. The van der Waals surface area contributed by atoms with Crippen LogP contribution in [0.1, 0.15) is 22.5 Å². The van der Waals surface area contributed by atoms with Crippen LogP contribution in [0.15, 0.2) is 11.2 Å². The average Bonchev–Trinajstić information content (AvgIpc) is 2.92. The lowest BCUT2D eigenvalue weighted by molar-refractivity contribution is 0.0955. The van der Waals surface area contributed by atoms with Gasteiger partial charge in [0.1, 0.15) is 4.88 Å². The van der Waals surface area contributed by atoms with Crippen molar-refractivity contribution in [2.24, 2.45) is 4.99 Å². The number of amides is 1. The number of aromatic nitrogens is 1. The highest BCUT2D eigenvalue weighted by Crippen LogP contribution is 2.23. The third-order valence-electron chi connectivity index (χ3n) is 2.03. The van der Waals surface area contributed by atoms with E-state index in [1.165, 1.54) is 11.3 Å². The predicted molar refractivity (Wildman–Crippen MR) is 64.4 cm³/mol. The van der Waals surface area contributed by atoms with Crippen molar-refractivity contribution in [3.63, 3.8) is 0 Å². The van der Waals surface area contributed by atoms with Crippen LogP contribution in [0.3, 0.4) is 0 Å². The summed E-state index contributed by atoms with van der Waals surface area (Å²) in [6.07, 6.45) is 5.43. The van der Waals surface area contributed by atoms with Gasteiger partial charge in [0, 0.05) is 20.1 Å². The highest BCUT2D eigenvalue weighted by atomic mass is 32.1. The molecule has 1 fully saturated rings. The minimum absolute atomic E-state index is 0.0358.